The maximum atomic E-state index is 12.2. The normalized spacial score (nSPS) is 17.8. The van der Waals surface area contributed by atoms with E-state index in [-0.39, 0.29) is 5.91 Å². The van der Waals surface area contributed by atoms with Gasteiger partial charge in [0.05, 0.1) is 10.6 Å². The van der Waals surface area contributed by atoms with Gasteiger partial charge in [0, 0.05) is 17.1 Å². The van der Waals surface area contributed by atoms with E-state index in [1.807, 2.05) is 6.07 Å². The highest BCUT2D eigenvalue weighted by Gasteiger charge is 2.18. The second kappa shape index (κ2) is 7.43. The zero-order valence-electron chi connectivity index (χ0n) is 11.7. The summed E-state index contributed by atoms with van der Waals surface area (Å²) >= 11 is 9.42. The first-order valence-electron chi connectivity index (χ1n) is 7.05. The molecule has 1 aromatic carbocycles. The van der Waals surface area contributed by atoms with Gasteiger partial charge in [0.2, 0.25) is 0 Å². The summed E-state index contributed by atoms with van der Waals surface area (Å²) in [5, 5.41) is 3.46. The summed E-state index contributed by atoms with van der Waals surface area (Å²) in [4.78, 5) is 14.6. The molecule has 1 amide bonds. The van der Waals surface area contributed by atoms with Crippen LogP contribution in [0.5, 0.6) is 0 Å². The number of halogens is 2. The van der Waals surface area contributed by atoms with E-state index in [4.69, 9.17) is 11.6 Å². The van der Waals surface area contributed by atoms with Crippen LogP contribution in [0.4, 0.5) is 0 Å². The molecule has 1 aromatic rings. The molecule has 2 rings (SSSR count). The molecule has 0 aliphatic carbocycles. The van der Waals surface area contributed by atoms with Crippen LogP contribution in [0.15, 0.2) is 22.7 Å². The summed E-state index contributed by atoms with van der Waals surface area (Å²) in [7, 11) is 0. The molecule has 110 valence electrons. The number of nitrogens with zero attached hydrogens (tertiary/aromatic N) is 1. The number of hydrogen-bond acceptors (Lipinski definition) is 2. The SMILES string of the molecule is CC(CNC(=O)c1cc(Br)ccc1Cl)N1CCCCC1. The van der Waals surface area contributed by atoms with Gasteiger partial charge in [0.15, 0.2) is 0 Å². The zero-order chi connectivity index (χ0) is 14.5. The van der Waals surface area contributed by atoms with Crippen molar-refractivity contribution in [2.45, 2.75) is 32.2 Å². The average molecular weight is 360 g/mol. The Morgan fingerprint density at radius 2 is 2.10 bits per heavy atom. The molecule has 1 atom stereocenters. The number of carbonyl (C=O) groups is 1. The molecule has 5 heteroatoms. The summed E-state index contributed by atoms with van der Waals surface area (Å²) in [6.45, 7) is 5.08. The maximum absolute atomic E-state index is 12.2. The van der Waals surface area contributed by atoms with Crippen LogP contribution < -0.4 is 5.32 Å². The number of benzene rings is 1. The van der Waals surface area contributed by atoms with Gasteiger partial charge in [-0.1, -0.05) is 34.0 Å². The smallest absolute Gasteiger partial charge is 0.252 e. The van der Waals surface area contributed by atoms with Gasteiger partial charge in [-0.15, -0.1) is 0 Å². The molecule has 0 saturated carbocycles. The van der Waals surface area contributed by atoms with E-state index in [0.29, 0.717) is 23.2 Å². The number of nitrogens with one attached hydrogen (secondary N) is 1. The Morgan fingerprint density at radius 1 is 1.40 bits per heavy atom. The molecule has 0 spiro atoms. The van der Waals surface area contributed by atoms with Crippen LogP contribution in [-0.4, -0.2) is 36.5 Å². The molecule has 0 aromatic heterocycles. The Hall–Kier alpha value is -0.580. The number of rotatable bonds is 4. The van der Waals surface area contributed by atoms with Crippen LogP contribution in [0.2, 0.25) is 5.02 Å². The van der Waals surface area contributed by atoms with Crippen LogP contribution in [0.3, 0.4) is 0 Å². The van der Waals surface area contributed by atoms with Crippen molar-refractivity contribution in [2.75, 3.05) is 19.6 Å². The predicted molar refractivity (Wildman–Crippen MR) is 86.4 cm³/mol. The third-order valence-electron chi connectivity index (χ3n) is 3.75. The molecule has 1 heterocycles. The van der Waals surface area contributed by atoms with Gasteiger partial charge in [0.1, 0.15) is 0 Å². The lowest BCUT2D eigenvalue weighted by atomic mass is 10.1. The van der Waals surface area contributed by atoms with Crippen molar-refractivity contribution in [1.82, 2.24) is 10.2 Å². The van der Waals surface area contributed by atoms with Gasteiger partial charge in [0.25, 0.3) is 5.91 Å². The van der Waals surface area contributed by atoms with Gasteiger partial charge in [-0.25, -0.2) is 0 Å². The van der Waals surface area contributed by atoms with E-state index in [1.165, 1.54) is 19.3 Å². The zero-order valence-corrected chi connectivity index (χ0v) is 14.0. The predicted octanol–water partition coefficient (Wildman–Crippen LogP) is 3.71. The lowest BCUT2D eigenvalue weighted by molar-refractivity contribution is 0.0930. The fourth-order valence-electron chi connectivity index (χ4n) is 2.50. The molecule has 1 N–H and O–H groups in total. The minimum atomic E-state index is -0.111. The highest BCUT2D eigenvalue weighted by atomic mass is 79.9. The monoisotopic (exact) mass is 358 g/mol. The average Bonchev–Trinajstić information content (AvgIpc) is 2.47. The van der Waals surface area contributed by atoms with Crippen molar-refractivity contribution < 1.29 is 4.79 Å². The summed E-state index contributed by atoms with van der Waals surface area (Å²) in [5.74, 6) is -0.111. The van der Waals surface area contributed by atoms with Gasteiger partial charge in [-0.05, 0) is 51.1 Å². The molecule has 0 bridgehead atoms. The van der Waals surface area contributed by atoms with Crippen LogP contribution in [0.1, 0.15) is 36.5 Å². The minimum absolute atomic E-state index is 0.111. The summed E-state index contributed by atoms with van der Waals surface area (Å²) in [6, 6.07) is 5.68. The minimum Gasteiger partial charge on any atom is -0.350 e. The quantitative estimate of drug-likeness (QED) is 0.889. The molecule has 3 nitrogen and oxygen atoms in total. The third-order valence-corrected chi connectivity index (χ3v) is 4.57. The van der Waals surface area contributed by atoms with Gasteiger partial charge in [-0.2, -0.15) is 0 Å². The fourth-order valence-corrected chi connectivity index (χ4v) is 3.06. The van der Waals surface area contributed by atoms with Crippen LogP contribution >= 0.6 is 27.5 Å². The van der Waals surface area contributed by atoms with Crippen molar-refractivity contribution in [3.8, 4) is 0 Å². The largest absolute Gasteiger partial charge is 0.350 e. The Bertz CT molecular complexity index is 475. The Kier molecular flexibility index (Phi) is 5.87. The van der Waals surface area contributed by atoms with Crippen molar-refractivity contribution in [1.29, 1.82) is 0 Å². The first-order chi connectivity index (χ1) is 9.58. The maximum Gasteiger partial charge on any atom is 0.252 e. The fraction of sp³-hybridized carbons (Fsp3) is 0.533. The van der Waals surface area contributed by atoms with Crippen molar-refractivity contribution in [3.63, 3.8) is 0 Å². The number of amides is 1. The molecule has 1 fully saturated rings. The Balaban J connectivity index is 1.89. The second-order valence-corrected chi connectivity index (χ2v) is 6.60. The number of piperidine rings is 1. The van der Waals surface area contributed by atoms with Crippen LogP contribution in [0, 0.1) is 0 Å². The Morgan fingerprint density at radius 3 is 2.80 bits per heavy atom. The molecular weight excluding hydrogens is 340 g/mol. The van der Waals surface area contributed by atoms with E-state index >= 15 is 0 Å². The molecule has 1 unspecified atom stereocenters. The van der Waals surface area contributed by atoms with Gasteiger partial charge in [-0.3, -0.25) is 9.69 Å². The lowest BCUT2D eigenvalue weighted by Crippen LogP contribution is -2.44. The van der Waals surface area contributed by atoms with E-state index in [2.05, 4.69) is 33.1 Å². The van der Waals surface area contributed by atoms with Crippen LogP contribution in [-0.2, 0) is 0 Å². The van der Waals surface area contributed by atoms with Gasteiger partial charge < -0.3 is 5.32 Å². The molecule has 1 aliphatic rings. The van der Waals surface area contributed by atoms with Crippen molar-refractivity contribution in [2.24, 2.45) is 0 Å². The Labute approximate surface area is 133 Å². The van der Waals surface area contributed by atoms with E-state index < -0.39 is 0 Å². The standard InChI is InChI=1S/C15H20BrClN2O/c1-11(19-7-3-2-4-8-19)10-18-15(20)13-9-12(16)5-6-14(13)17/h5-6,9,11H,2-4,7-8,10H2,1H3,(H,18,20). The van der Waals surface area contributed by atoms with Crippen LogP contribution in [0.25, 0.3) is 0 Å². The van der Waals surface area contributed by atoms with Gasteiger partial charge >= 0.3 is 0 Å². The molecule has 0 radical (unpaired) electrons. The highest BCUT2D eigenvalue weighted by molar-refractivity contribution is 9.10. The summed E-state index contributed by atoms with van der Waals surface area (Å²) < 4.78 is 0.858. The molecule has 1 saturated heterocycles. The third kappa shape index (κ3) is 4.21. The molecular formula is C15H20BrClN2O. The molecule has 20 heavy (non-hydrogen) atoms. The van der Waals surface area contributed by atoms with E-state index in [9.17, 15) is 4.79 Å². The highest BCUT2D eigenvalue weighted by Crippen LogP contribution is 2.21. The van der Waals surface area contributed by atoms with E-state index in [0.717, 1.165) is 17.6 Å². The number of hydrogen-bond donors (Lipinski definition) is 1. The number of likely N-dealkylation sites (tertiary alicyclic amines) is 1. The second-order valence-electron chi connectivity index (χ2n) is 5.28. The van der Waals surface area contributed by atoms with Crippen molar-refractivity contribution in [3.05, 3.63) is 33.3 Å². The van der Waals surface area contributed by atoms with Crippen molar-refractivity contribution >= 4 is 33.4 Å². The molecule has 1 aliphatic heterocycles. The first kappa shape index (κ1) is 15.8. The number of carbonyl (C=O) groups excluding carboxylic acids is 1. The van der Waals surface area contributed by atoms with E-state index in [1.54, 1.807) is 12.1 Å². The lowest BCUT2D eigenvalue weighted by Gasteiger charge is -2.32. The first-order valence-corrected chi connectivity index (χ1v) is 8.22. The summed E-state index contributed by atoms with van der Waals surface area (Å²) in [5.41, 5.74) is 0.520. The summed E-state index contributed by atoms with van der Waals surface area (Å²) in [6.07, 6.45) is 3.84. The topological polar surface area (TPSA) is 32.3 Å².